The largest absolute Gasteiger partial charge is 0.508 e. The van der Waals surface area contributed by atoms with Gasteiger partial charge in [0.15, 0.2) is 23.1 Å². The van der Waals surface area contributed by atoms with E-state index in [9.17, 15) is 24.0 Å². The van der Waals surface area contributed by atoms with Crippen LogP contribution in [-0.4, -0.2) is 50.0 Å². The maximum atomic E-state index is 12.4. The second kappa shape index (κ2) is 28.0. The SMILES string of the molecule is CC(=O)/C=C/c1ccc(C(=O)Oc2ccc(C(=O)/C=C/c3ccc(COO)cc3)cc2)cc1.CC(=O)/C=C/c1ccc(COO)cc1.O=C(/C=C/c1ccc(COO)cc1)c1ccc(O)cc1. The molecule has 0 unspecified atom stereocenters. The van der Waals surface area contributed by atoms with Crippen LogP contribution in [0.4, 0.5) is 0 Å². The van der Waals surface area contributed by atoms with E-state index in [0.29, 0.717) is 22.4 Å². The highest BCUT2D eigenvalue weighted by Gasteiger charge is 2.10. The molecule has 342 valence electrons. The zero-order valence-electron chi connectivity index (χ0n) is 36.6. The Bertz CT molecular complexity index is 2640. The summed E-state index contributed by atoms with van der Waals surface area (Å²) in [6.07, 6.45) is 12.7. The van der Waals surface area contributed by atoms with Crippen LogP contribution in [0.15, 0.2) is 170 Å². The summed E-state index contributed by atoms with van der Waals surface area (Å²) in [7, 11) is 0. The number of ether oxygens (including phenoxy) is 1. The van der Waals surface area contributed by atoms with E-state index >= 15 is 0 Å². The molecule has 6 rings (SSSR count). The third kappa shape index (κ3) is 19.3. The van der Waals surface area contributed by atoms with E-state index in [1.54, 1.807) is 109 Å². The van der Waals surface area contributed by atoms with E-state index in [1.807, 2.05) is 48.5 Å². The zero-order valence-corrected chi connectivity index (χ0v) is 36.6. The molecule has 0 aromatic heterocycles. The highest BCUT2D eigenvalue weighted by atomic mass is 17.1. The van der Waals surface area contributed by atoms with Gasteiger partial charge in [0.05, 0.1) is 5.56 Å². The van der Waals surface area contributed by atoms with Gasteiger partial charge in [-0.1, -0.05) is 109 Å². The van der Waals surface area contributed by atoms with E-state index in [1.165, 1.54) is 50.3 Å². The molecule has 0 aliphatic carbocycles. The summed E-state index contributed by atoms with van der Waals surface area (Å²) in [4.78, 5) is 70.4. The molecular weight excluding hydrogens is 857 g/mol. The molecule has 13 nitrogen and oxygen atoms in total. The molecule has 0 amide bonds. The molecule has 0 spiro atoms. The Morgan fingerprint density at radius 2 is 0.701 bits per heavy atom. The van der Waals surface area contributed by atoms with Crippen molar-refractivity contribution in [2.45, 2.75) is 33.7 Å². The number of hydrogen-bond acceptors (Lipinski definition) is 13. The van der Waals surface area contributed by atoms with Crippen molar-refractivity contribution in [2.24, 2.45) is 0 Å². The number of phenols is 1. The van der Waals surface area contributed by atoms with E-state index < -0.39 is 5.97 Å². The number of rotatable bonds is 18. The zero-order chi connectivity index (χ0) is 48.4. The van der Waals surface area contributed by atoms with Gasteiger partial charge < -0.3 is 9.84 Å². The van der Waals surface area contributed by atoms with Crippen LogP contribution in [0.2, 0.25) is 0 Å². The van der Waals surface area contributed by atoms with Crippen LogP contribution in [0.5, 0.6) is 11.5 Å². The number of esters is 1. The molecule has 0 atom stereocenters. The Labute approximate surface area is 387 Å². The van der Waals surface area contributed by atoms with Crippen molar-refractivity contribution in [2.75, 3.05) is 0 Å². The second-order valence-corrected chi connectivity index (χ2v) is 14.4. The molecule has 0 aliphatic heterocycles. The predicted octanol–water partition coefficient (Wildman–Crippen LogP) is 10.9. The van der Waals surface area contributed by atoms with Gasteiger partial charge in [-0.25, -0.2) is 19.5 Å². The van der Waals surface area contributed by atoms with Gasteiger partial charge in [0.1, 0.15) is 31.3 Å². The summed E-state index contributed by atoms with van der Waals surface area (Å²) in [5.41, 5.74) is 7.33. The molecule has 0 aliphatic rings. The number of aromatic hydroxyl groups is 1. The molecule has 4 N–H and O–H groups in total. The molecule has 67 heavy (non-hydrogen) atoms. The first-order valence-corrected chi connectivity index (χ1v) is 20.4. The van der Waals surface area contributed by atoms with Gasteiger partial charge in [-0.15, -0.1) is 0 Å². The third-order valence-corrected chi connectivity index (χ3v) is 9.16. The Morgan fingerprint density at radius 1 is 0.403 bits per heavy atom. The summed E-state index contributed by atoms with van der Waals surface area (Å²) >= 11 is 0. The van der Waals surface area contributed by atoms with Crippen molar-refractivity contribution in [3.8, 4) is 11.5 Å². The maximum Gasteiger partial charge on any atom is 0.343 e. The van der Waals surface area contributed by atoms with Gasteiger partial charge in [-0.05, 0) is 138 Å². The summed E-state index contributed by atoms with van der Waals surface area (Å²) in [6, 6.07) is 40.9. The van der Waals surface area contributed by atoms with Crippen LogP contribution in [-0.2, 0) is 44.1 Å². The van der Waals surface area contributed by atoms with E-state index in [-0.39, 0.29) is 48.7 Å². The summed E-state index contributed by atoms with van der Waals surface area (Å²) < 4.78 is 5.37. The molecule has 0 bridgehead atoms. The Hall–Kier alpha value is -8.01. The number of carbonyl (C=O) groups excluding carboxylic acids is 5. The van der Waals surface area contributed by atoms with Crippen LogP contribution < -0.4 is 4.74 Å². The minimum atomic E-state index is -0.522. The van der Waals surface area contributed by atoms with Gasteiger partial charge in [0.2, 0.25) is 0 Å². The average molecular weight is 905 g/mol. The number of phenolic OH excluding ortho intramolecular Hbond substituents is 1. The number of carbonyl (C=O) groups is 5. The van der Waals surface area contributed by atoms with Gasteiger partial charge in [0, 0.05) is 11.1 Å². The highest BCUT2D eigenvalue weighted by molar-refractivity contribution is 6.07. The standard InChI is InChI=1S/C27H22O6.C16H14O4.C11H12O3/c1-19(28)2-3-20-8-11-24(12-9-20)27(30)33-25-15-13-23(14-16-25)26(29)17-10-21-4-6-22(7-5-21)18-32-31;17-15-8-6-14(7-9-15)16(18)10-5-12-1-3-13(4-2-12)11-20-19;1-9(12)2-3-10-4-6-11(7-5-10)8-14-13/h2-17,31H,18H2,1H3;1-10,17,19H,11H2;2-7,13H,8H2,1H3/b3-2+,17-10+;10-5+;3-2+. The van der Waals surface area contributed by atoms with Gasteiger partial charge in [0.25, 0.3) is 0 Å². The Balaban J connectivity index is 0.000000244. The quantitative estimate of drug-likeness (QED) is 0.0159. The van der Waals surface area contributed by atoms with Gasteiger partial charge in [-0.3, -0.25) is 34.9 Å². The lowest BCUT2D eigenvalue weighted by atomic mass is 10.1. The lowest BCUT2D eigenvalue weighted by Crippen LogP contribution is -2.08. The third-order valence-electron chi connectivity index (χ3n) is 9.16. The van der Waals surface area contributed by atoms with Crippen LogP contribution >= 0.6 is 0 Å². The van der Waals surface area contributed by atoms with Crippen molar-refractivity contribution in [1.29, 1.82) is 0 Å². The molecular formula is C54H48O13. The lowest BCUT2D eigenvalue weighted by molar-refractivity contribution is -0.253. The molecule has 6 aromatic carbocycles. The van der Waals surface area contributed by atoms with E-state index in [2.05, 4.69) is 14.7 Å². The highest BCUT2D eigenvalue weighted by Crippen LogP contribution is 2.17. The second-order valence-electron chi connectivity index (χ2n) is 14.4. The van der Waals surface area contributed by atoms with Gasteiger partial charge >= 0.3 is 5.97 Å². The van der Waals surface area contributed by atoms with Crippen molar-refractivity contribution in [3.05, 3.63) is 226 Å². The molecule has 13 heteroatoms. The molecule has 0 fully saturated rings. The Kier molecular flexibility index (Phi) is 21.6. The minimum Gasteiger partial charge on any atom is -0.508 e. The monoisotopic (exact) mass is 904 g/mol. The van der Waals surface area contributed by atoms with Crippen LogP contribution in [0.1, 0.15) is 83.9 Å². The molecule has 0 radical (unpaired) electrons. The molecule has 0 saturated heterocycles. The predicted molar refractivity (Wildman–Crippen MR) is 254 cm³/mol. The maximum absolute atomic E-state index is 12.4. The topological polar surface area (TPSA) is 203 Å². The van der Waals surface area contributed by atoms with Gasteiger partial charge in [-0.2, -0.15) is 0 Å². The van der Waals surface area contributed by atoms with Crippen LogP contribution in [0.25, 0.3) is 24.3 Å². The first-order chi connectivity index (χ1) is 32.3. The number of ketones is 4. The van der Waals surface area contributed by atoms with Crippen molar-refractivity contribution in [3.63, 3.8) is 0 Å². The smallest absolute Gasteiger partial charge is 0.343 e. The molecule has 0 heterocycles. The summed E-state index contributed by atoms with van der Waals surface area (Å²) in [6.45, 7) is 3.38. The van der Waals surface area contributed by atoms with Crippen LogP contribution in [0.3, 0.4) is 0 Å². The summed E-state index contributed by atoms with van der Waals surface area (Å²) in [5.74, 6) is -0.425. The lowest BCUT2D eigenvalue weighted by Gasteiger charge is -2.05. The van der Waals surface area contributed by atoms with E-state index in [0.717, 1.165) is 38.9 Å². The fourth-order valence-corrected chi connectivity index (χ4v) is 5.57. The number of allylic oxidation sites excluding steroid dienone is 4. The van der Waals surface area contributed by atoms with Crippen molar-refractivity contribution >= 4 is 53.4 Å². The van der Waals surface area contributed by atoms with Crippen LogP contribution in [0, 0.1) is 0 Å². The van der Waals surface area contributed by atoms with Crippen molar-refractivity contribution < 1.29 is 64.3 Å². The number of benzene rings is 6. The first kappa shape index (κ1) is 51.6. The fraction of sp³-hybridized carbons (Fsp3) is 0.0926. The molecule has 0 saturated carbocycles. The Morgan fingerprint density at radius 3 is 1.03 bits per heavy atom. The fourth-order valence-electron chi connectivity index (χ4n) is 5.57. The van der Waals surface area contributed by atoms with E-state index in [4.69, 9.17) is 25.6 Å². The first-order valence-electron chi connectivity index (χ1n) is 20.4. The normalized spacial score (nSPS) is 10.9. The summed E-state index contributed by atoms with van der Waals surface area (Å²) in [5, 5.41) is 34.2. The molecule has 6 aromatic rings. The average Bonchev–Trinajstić information content (AvgIpc) is 3.34. The number of hydrogen-bond donors (Lipinski definition) is 4. The van der Waals surface area contributed by atoms with Crippen molar-refractivity contribution in [1.82, 2.24) is 0 Å². The minimum absolute atomic E-state index is 0.0211.